The summed E-state index contributed by atoms with van der Waals surface area (Å²) in [6.45, 7) is 3.66. The van der Waals surface area contributed by atoms with Gasteiger partial charge in [-0.3, -0.25) is 9.52 Å². The Balaban J connectivity index is 1.83. The van der Waals surface area contributed by atoms with Crippen LogP contribution in [0.2, 0.25) is 0 Å². The lowest BCUT2D eigenvalue weighted by molar-refractivity contribution is 0.417. The summed E-state index contributed by atoms with van der Waals surface area (Å²) in [5.41, 5.74) is 3.15. The maximum atomic E-state index is 12.7. The average molecular weight is 399 g/mol. The van der Waals surface area contributed by atoms with E-state index in [4.69, 9.17) is 4.74 Å². The van der Waals surface area contributed by atoms with Gasteiger partial charge in [-0.15, -0.1) is 0 Å². The molecule has 0 spiro atoms. The number of H-pyrrole nitrogens is 1. The summed E-state index contributed by atoms with van der Waals surface area (Å²) < 4.78 is 33.2. The second kappa shape index (κ2) is 7.85. The van der Waals surface area contributed by atoms with Gasteiger partial charge in [-0.1, -0.05) is 18.2 Å². The summed E-state index contributed by atoms with van der Waals surface area (Å²) >= 11 is 0. The van der Waals surface area contributed by atoms with Crippen LogP contribution in [0.3, 0.4) is 0 Å². The number of nitrogens with zero attached hydrogens (tertiary/aromatic N) is 1. The number of anilines is 1. The Morgan fingerprint density at radius 3 is 2.46 bits per heavy atom. The molecule has 8 heteroatoms. The maximum Gasteiger partial charge on any atom is 0.267 e. The lowest BCUT2D eigenvalue weighted by atomic mass is 10.1. The highest BCUT2D eigenvalue weighted by atomic mass is 32.2. The molecule has 0 aliphatic carbocycles. The van der Waals surface area contributed by atoms with Crippen molar-refractivity contribution >= 4 is 15.7 Å². The van der Waals surface area contributed by atoms with Crippen LogP contribution in [0, 0.1) is 13.8 Å². The van der Waals surface area contributed by atoms with Gasteiger partial charge < -0.3 is 4.74 Å². The number of nitrogens with one attached hydrogen (secondary N) is 2. The number of ether oxygens (including phenoxy) is 1. The van der Waals surface area contributed by atoms with Gasteiger partial charge in [-0.25, -0.2) is 13.5 Å². The number of benzene rings is 2. The molecule has 0 aliphatic heterocycles. The van der Waals surface area contributed by atoms with Crippen LogP contribution in [0.1, 0.15) is 22.4 Å². The van der Waals surface area contributed by atoms with Gasteiger partial charge in [0.25, 0.3) is 15.6 Å². The average Bonchev–Trinajstić information content (AvgIpc) is 2.65. The fourth-order valence-electron chi connectivity index (χ4n) is 2.80. The lowest BCUT2D eigenvalue weighted by Crippen LogP contribution is -2.15. The minimum atomic E-state index is -3.78. The minimum absolute atomic E-state index is 0.125. The van der Waals surface area contributed by atoms with Gasteiger partial charge >= 0.3 is 0 Å². The molecule has 0 aliphatic rings. The van der Waals surface area contributed by atoms with E-state index < -0.39 is 10.0 Å². The van der Waals surface area contributed by atoms with E-state index in [1.807, 2.05) is 13.0 Å². The molecule has 0 saturated carbocycles. The van der Waals surface area contributed by atoms with Crippen molar-refractivity contribution in [3.63, 3.8) is 0 Å². The van der Waals surface area contributed by atoms with Crippen LogP contribution in [0.4, 0.5) is 5.69 Å². The first kappa shape index (κ1) is 19.6. The predicted molar refractivity (Wildman–Crippen MR) is 107 cm³/mol. The highest BCUT2D eigenvalue weighted by Gasteiger charge is 2.17. The molecule has 1 heterocycles. The Kier molecular flexibility index (Phi) is 5.51. The van der Waals surface area contributed by atoms with Gasteiger partial charge in [-0.2, -0.15) is 5.10 Å². The molecule has 0 bridgehead atoms. The Morgan fingerprint density at radius 2 is 1.79 bits per heavy atom. The third-order valence-electron chi connectivity index (χ3n) is 4.24. The van der Waals surface area contributed by atoms with Crippen LogP contribution in [-0.2, 0) is 16.4 Å². The normalized spacial score (nSPS) is 11.2. The minimum Gasteiger partial charge on any atom is -0.495 e. The summed E-state index contributed by atoms with van der Waals surface area (Å²) in [4.78, 5) is 12.0. The van der Waals surface area contributed by atoms with Crippen molar-refractivity contribution in [2.75, 3.05) is 11.8 Å². The van der Waals surface area contributed by atoms with E-state index in [2.05, 4.69) is 14.9 Å². The van der Waals surface area contributed by atoms with Crippen molar-refractivity contribution in [3.05, 3.63) is 81.3 Å². The van der Waals surface area contributed by atoms with Gasteiger partial charge in [0.05, 0.1) is 23.4 Å². The molecule has 0 saturated heterocycles. The SMILES string of the molecule is COc1ccc(C)cc1NS(=O)(=O)c1ccc(Cc2cc(C)n[nH]c2=O)cc1. The van der Waals surface area contributed by atoms with E-state index in [1.165, 1.54) is 19.2 Å². The van der Waals surface area contributed by atoms with Crippen molar-refractivity contribution in [1.29, 1.82) is 0 Å². The molecule has 7 nitrogen and oxygen atoms in total. The first-order valence-corrected chi connectivity index (χ1v) is 10.1. The molecule has 0 amide bonds. The monoisotopic (exact) mass is 399 g/mol. The molecule has 0 unspecified atom stereocenters. The van der Waals surface area contributed by atoms with E-state index in [1.54, 1.807) is 37.3 Å². The zero-order valence-corrected chi connectivity index (χ0v) is 16.6. The molecule has 1 aromatic heterocycles. The summed E-state index contributed by atoms with van der Waals surface area (Å²) in [7, 11) is -2.29. The van der Waals surface area contributed by atoms with Crippen molar-refractivity contribution in [2.45, 2.75) is 25.2 Å². The third kappa shape index (κ3) is 4.40. The van der Waals surface area contributed by atoms with Gasteiger partial charge in [0, 0.05) is 12.0 Å². The van der Waals surface area contributed by atoms with E-state index >= 15 is 0 Å². The van der Waals surface area contributed by atoms with Crippen molar-refractivity contribution < 1.29 is 13.2 Å². The topological polar surface area (TPSA) is 101 Å². The highest BCUT2D eigenvalue weighted by molar-refractivity contribution is 7.92. The van der Waals surface area contributed by atoms with Gasteiger partial charge in [0.2, 0.25) is 0 Å². The number of aryl methyl sites for hydroxylation is 2. The molecule has 2 N–H and O–H groups in total. The van der Waals surface area contributed by atoms with Crippen LogP contribution in [-0.4, -0.2) is 25.7 Å². The molecule has 2 aromatic carbocycles. The Labute approximate surface area is 163 Å². The number of aromatic nitrogens is 2. The van der Waals surface area contributed by atoms with Crippen molar-refractivity contribution in [3.8, 4) is 5.75 Å². The van der Waals surface area contributed by atoms with E-state index in [0.29, 0.717) is 29.1 Å². The summed E-state index contributed by atoms with van der Waals surface area (Å²) in [5.74, 6) is 0.443. The largest absolute Gasteiger partial charge is 0.495 e. The maximum absolute atomic E-state index is 12.7. The third-order valence-corrected chi connectivity index (χ3v) is 5.62. The van der Waals surface area contributed by atoms with Crippen LogP contribution in [0.5, 0.6) is 5.75 Å². The molecule has 0 fully saturated rings. The van der Waals surface area contributed by atoms with Crippen LogP contribution < -0.4 is 15.0 Å². The fraction of sp³-hybridized carbons (Fsp3) is 0.200. The van der Waals surface area contributed by atoms with Crippen LogP contribution in [0.25, 0.3) is 0 Å². The predicted octanol–water partition coefficient (Wildman–Crippen LogP) is 2.79. The second-order valence-electron chi connectivity index (χ2n) is 6.49. The molecule has 3 aromatic rings. The van der Waals surface area contributed by atoms with Crippen LogP contribution in [0.15, 0.2) is 58.2 Å². The quantitative estimate of drug-likeness (QED) is 0.664. The summed E-state index contributed by atoms with van der Waals surface area (Å²) in [5, 5.41) is 6.30. The standard InChI is InChI=1S/C20H21N3O4S/c1-13-4-9-19(27-3)18(10-13)23-28(25,26)17-7-5-15(6-8-17)12-16-11-14(2)21-22-20(16)24/h4-11,23H,12H2,1-3H3,(H,22,24). The number of rotatable bonds is 6. The number of aromatic amines is 1. The number of sulfonamides is 1. The Hall–Kier alpha value is -3.13. The molecule has 0 atom stereocenters. The van der Waals surface area contributed by atoms with E-state index in [9.17, 15) is 13.2 Å². The number of hydrogen-bond donors (Lipinski definition) is 2. The van der Waals surface area contributed by atoms with Gasteiger partial charge in [0.15, 0.2) is 0 Å². The van der Waals surface area contributed by atoms with Crippen LogP contribution >= 0.6 is 0 Å². The lowest BCUT2D eigenvalue weighted by Gasteiger charge is -2.13. The van der Waals surface area contributed by atoms with Gasteiger partial charge in [-0.05, 0) is 55.3 Å². The zero-order chi connectivity index (χ0) is 20.3. The Morgan fingerprint density at radius 1 is 1.07 bits per heavy atom. The molecule has 146 valence electrons. The summed E-state index contributed by atoms with van der Waals surface area (Å²) in [6, 6.07) is 13.4. The number of methoxy groups -OCH3 is 1. The molecule has 28 heavy (non-hydrogen) atoms. The van der Waals surface area contributed by atoms with Crippen molar-refractivity contribution in [2.24, 2.45) is 0 Å². The van der Waals surface area contributed by atoms with E-state index in [0.717, 1.165) is 11.1 Å². The molecule has 3 rings (SSSR count). The first-order valence-electron chi connectivity index (χ1n) is 8.60. The van der Waals surface area contributed by atoms with E-state index in [-0.39, 0.29) is 10.5 Å². The molecular formula is C20H21N3O4S. The number of hydrogen-bond acceptors (Lipinski definition) is 5. The highest BCUT2D eigenvalue weighted by Crippen LogP contribution is 2.28. The molecule has 0 radical (unpaired) electrons. The smallest absolute Gasteiger partial charge is 0.267 e. The molecular weight excluding hydrogens is 378 g/mol. The zero-order valence-electron chi connectivity index (χ0n) is 15.8. The Bertz CT molecular complexity index is 1150. The fourth-order valence-corrected chi connectivity index (χ4v) is 3.86. The second-order valence-corrected chi connectivity index (χ2v) is 8.18. The van der Waals surface area contributed by atoms with Gasteiger partial charge in [0.1, 0.15) is 5.75 Å². The first-order chi connectivity index (χ1) is 13.3. The van der Waals surface area contributed by atoms with Crippen molar-refractivity contribution in [1.82, 2.24) is 10.2 Å². The summed E-state index contributed by atoms with van der Waals surface area (Å²) in [6.07, 6.45) is 0.387.